The van der Waals surface area contributed by atoms with Gasteiger partial charge in [-0.3, -0.25) is 9.59 Å². The molecule has 1 aromatic carbocycles. The van der Waals surface area contributed by atoms with Gasteiger partial charge in [0.25, 0.3) is 0 Å². The maximum Gasteiger partial charge on any atom is 0.247 e. The molecule has 1 fully saturated rings. The van der Waals surface area contributed by atoms with Gasteiger partial charge in [0.05, 0.1) is 16.2 Å². The van der Waals surface area contributed by atoms with Crippen LogP contribution < -0.4 is 10.1 Å². The van der Waals surface area contributed by atoms with Gasteiger partial charge in [-0.25, -0.2) is 0 Å². The predicted molar refractivity (Wildman–Crippen MR) is 130 cm³/mol. The quantitative estimate of drug-likeness (QED) is 0.364. The maximum absolute atomic E-state index is 13.1. The summed E-state index contributed by atoms with van der Waals surface area (Å²) in [5, 5.41) is 23.1. The van der Waals surface area contributed by atoms with Gasteiger partial charge in [0.1, 0.15) is 18.0 Å². The van der Waals surface area contributed by atoms with Crippen LogP contribution in [-0.4, -0.2) is 64.9 Å². The van der Waals surface area contributed by atoms with E-state index in [0.717, 1.165) is 29.3 Å². The number of nitrogens with one attached hydrogen (secondary N) is 1. The molecule has 0 bridgehead atoms. The van der Waals surface area contributed by atoms with E-state index in [1.807, 2.05) is 31.2 Å². The Morgan fingerprint density at radius 3 is 2.69 bits per heavy atom. The van der Waals surface area contributed by atoms with Gasteiger partial charge in [0.15, 0.2) is 0 Å². The number of amides is 2. The molecule has 2 aliphatic rings. The van der Waals surface area contributed by atoms with Crippen LogP contribution in [-0.2, 0) is 9.59 Å². The first-order valence-corrected chi connectivity index (χ1v) is 12.5. The van der Waals surface area contributed by atoms with Crippen LogP contribution in [0.1, 0.15) is 45.4 Å². The van der Waals surface area contributed by atoms with Gasteiger partial charge < -0.3 is 25.2 Å². The number of benzene rings is 1. The summed E-state index contributed by atoms with van der Waals surface area (Å²) >= 11 is 2.17. The first-order valence-electron chi connectivity index (χ1n) is 11.4. The van der Waals surface area contributed by atoms with E-state index < -0.39 is 18.2 Å². The van der Waals surface area contributed by atoms with Crippen LogP contribution >= 0.6 is 22.6 Å². The number of hydrogen-bond acceptors (Lipinski definition) is 5. The van der Waals surface area contributed by atoms with Crippen LogP contribution in [0.5, 0.6) is 5.75 Å². The molecule has 32 heavy (non-hydrogen) atoms. The highest BCUT2D eigenvalue weighted by atomic mass is 127. The molecule has 3 N–H and O–H groups in total. The number of ether oxygens (including phenoxy) is 1. The van der Waals surface area contributed by atoms with E-state index in [9.17, 15) is 14.7 Å². The molecule has 7 nitrogen and oxygen atoms in total. The van der Waals surface area contributed by atoms with Crippen molar-refractivity contribution in [1.82, 2.24) is 10.2 Å². The molecule has 0 radical (unpaired) electrons. The topological polar surface area (TPSA) is 99.1 Å². The summed E-state index contributed by atoms with van der Waals surface area (Å²) in [6.45, 7) is 2.64. The van der Waals surface area contributed by atoms with Crippen molar-refractivity contribution in [3.8, 4) is 5.75 Å². The summed E-state index contributed by atoms with van der Waals surface area (Å²) in [6, 6.07) is 6.96. The average molecular weight is 556 g/mol. The van der Waals surface area contributed by atoms with Crippen molar-refractivity contribution < 1.29 is 24.5 Å². The van der Waals surface area contributed by atoms with Crippen LogP contribution in [0.25, 0.3) is 0 Å². The smallest absolute Gasteiger partial charge is 0.247 e. The molecule has 2 aliphatic carbocycles. The third kappa shape index (κ3) is 6.68. The molecule has 176 valence electrons. The van der Waals surface area contributed by atoms with Crippen molar-refractivity contribution in [2.24, 2.45) is 5.92 Å². The van der Waals surface area contributed by atoms with Crippen molar-refractivity contribution in [2.75, 3.05) is 19.7 Å². The number of para-hydroxylation sites is 1. The number of halogens is 1. The minimum Gasteiger partial charge on any atom is -0.482 e. The van der Waals surface area contributed by atoms with Gasteiger partial charge >= 0.3 is 0 Å². The highest BCUT2D eigenvalue weighted by Crippen LogP contribution is 2.34. The molecule has 2 amide bonds. The van der Waals surface area contributed by atoms with E-state index in [0.29, 0.717) is 30.2 Å². The zero-order valence-corrected chi connectivity index (χ0v) is 20.7. The molecule has 3 rings (SSSR count). The largest absolute Gasteiger partial charge is 0.482 e. The first-order chi connectivity index (χ1) is 15.4. The molecule has 8 heteroatoms. The Bertz CT molecular complexity index is 826. The number of carbonyl (C=O) groups excluding carboxylic acids is 2. The monoisotopic (exact) mass is 556 g/mol. The lowest BCUT2D eigenvalue weighted by atomic mass is 9.87. The molecule has 3 atom stereocenters. The van der Waals surface area contributed by atoms with Crippen LogP contribution in [0.2, 0.25) is 0 Å². The number of unbranched alkanes of at least 4 members (excludes halogenated alkanes) is 1. The van der Waals surface area contributed by atoms with Crippen LogP contribution in [0.15, 0.2) is 35.9 Å². The van der Waals surface area contributed by atoms with E-state index in [4.69, 9.17) is 9.84 Å². The molecular formula is C24H33IN2O5. The Kier molecular flexibility index (Phi) is 9.36. The molecular weight excluding hydrogens is 523 g/mol. The molecule has 0 heterocycles. The fraction of sp³-hybridized carbons (Fsp3) is 0.583. The normalized spacial score (nSPS) is 22.8. The molecule has 3 unspecified atom stereocenters. The van der Waals surface area contributed by atoms with E-state index >= 15 is 0 Å². The van der Waals surface area contributed by atoms with Gasteiger partial charge in [-0.15, -0.1) is 0 Å². The number of aliphatic hydroxyl groups excluding tert-OH is 2. The zero-order valence-electron chi connectivity index (χ0n) is 18.5. The Labute approximate surface area is 203 Å². The highest BCUT2D eigenvalue weighted by molar-refractivity contribution is 14.1. The summed E-state index contributed by atoms with van der Waals surface area (Å²) < 4.78 is 7.04. The zero-order chi connectivity index (χ0) is 23.1. The minimum atomic E-state index is -0.954. The van der Waals surface area contributed by atoms with Crippen molar-refractivity contribution in [3.05, 3.63) is 39.5 Å². The van der Waals surface area contributed by atoms with Gasteiger partial charge in [-0.05, 0) is 66.0 Å². The molecule has 0 aromatic heterocycles. The lowest BCUT2D eigenvalue weighted by molar-refractivity contribution is -0.139. The summed E-state index contributed by atoms with van der Waals surface area (Å²) in [5.74, 6) is 0.794. The van der Waals surface area contributed by atoms with E-state index in [-0.39, 0.29) is 31.4 Å². The molecule has 0 spiro atoms. The average Bonchev–Trinajstić information content (AvgIpc) is 3.61. The summed E-state index contributed by atoms with van der Waals surface area (Å²) in [6.07, 6.45) is 4.52. The fourth-order valence-corrected chi connectivity index (χ4v) is 4.45. The van der Waals surface area contributed by atoms with E-state index in [2.05, 4.69) is 27.9 Å². The SMILES string of the molecule is CCCCC(=O)N(CC1CC1)C1CC(C(=O)NCCO)=CC(Oc2ccccc2I)C1O. The van der Waals surface area contributed by atoms with Crippen molar-refractivity contribution >= 4 is 34.4 Å². The molecule has 0 saturated heterocycles. The van der Waals surface area contributed by atoms with Gasteiger partial charge in [0, 0.05) is 31.5 Å². The molecule has 1 aromatic rings. The van der Waals surface area contributed by atoms with Gasteiger partial charge in [0.2, 0.25) is 11.8 Å². The van der Waals surface area contributed by atoms with Crippen LogP contribution in [0.3, 0.4) is 0 Å². The van der Waals surface area contributed by atoms with Gasteiger partial charge in [-0.1, -0.05) is 25.5 Å². The number of carbonyl (C=O) groups is 2. The van der Waals surface area contributed by atoms with Crippen molar-refractivity contribution in [3.63, 3.8) is 0 Å². The minimum absolute atomic E-state index is 0.0212. The Balaban J connectivity index is 1.88. The number of hydrogen-bond donors (Lipinski definition) is 3. The third-order valence-corrected chi connectivity index (χ3v) is 6.82. The van der Waals surface area contributed by atoms with Crippen LogP contribution in [0, 0.1) is 9.49 Å². The van der Waals surface area contributed by atoms with Crippen molar-refractivity contribution in [2.45, 2.75) is 63.7 Å². The highest BCUT2D eigenvalue weighted by Gasteiger charge is 2.42. The Morgan fingerprint density at radius 2 is 2.03 bits per heavy atom. The second-order valence-corrected chi connectivity index (χ2v) is 9.70. The predicted octanol–water partition coefficient (Wildman–Crippen LogP) is 2.64. The molecule has 0 aliphatic heterocycles. The Hall–Kier alpha value is -1.65. The second-order valence-electron chi connectivity index (χ2n) is 8.54. The summed E-state index contributed by atoms with van der Waals surface area (Å²) in [4.78, 5) is 27.6. The number of rotatable bonds is 11. The Morgan fingerprint density at radius 1 is 1.28 bits per heavy atom. The van der Waals surface area contributed by atoms with Gasteiger partial charge in [-0.2, -0.15) is 0 Å². The van der Waals surface area contributed by atoms with E-state index in [1.165, 1.54) is 0 Å². The third-order valence-electron chi connectivity index (χ3n) is 5.93. The summed E-state index contributed by atoms with van der Waals surface area (Å²) in [7, 11) is 0. The standard InChI is InChI=1S/C24H33IN2O5/c1-2-3-8-22(29)27(15-16-9-10-16)19-13-17(24(31)26-11-12-28)14-21(23(19)30)32-20-7-5-4-6-18(20)25/h4-7,14,16,19,21,23,28,30H,2-3,8-13,15H2,1H3,(H,26,31). The fourth-order valence-electron chi connectivity index (χ4n) is 3.94. The second kappa shape index (κ2) is 12.0. The van der Waals surface area contributed by atoms with Crippen LogP contribution in [0.4, 0.5) is 0 Å². The first kappa shape index (κ1) is 25.0. The van der Waals surface area contributed by atoms with Crippen molar-refractivity contribution in [1.29, 1.82) is 0 Å². The summed E-state index contributed by atoms with van der Waals surface area (Å²) in [5.41, 5.74) is 0.466. The maximum atomic E-state index is 13.1. The number of aliphatic hydroxyl groups is 2. The lowest BCUT2D eigenvalue weighted by Crippen LogP contribution is -2.55. The van der Waals surface area contributed by atoms with E-state index in [1.54, 1.807) is 11.0 Å². The number of nitrogens with zero attached hydrogens (tertiary/aromatic N) is 1. The molecule has 1 saturated carbocycles. The lowest BCUT2D eigenvalue weighted by Gasteiger charge is -2.40.